The van der Waals surface area contributed by atoms with Gasteiger partial charge in [0.15, 0.2) is 0 Å². The molecule has 0 saturated carbocycles. The number of hydrogen-bond acceptors (Lipinski definition) is 7. The fourth-order valence-electron chi connectivity index (χ4n) is 2.49. The van der Waals surface area contributed by atoms with Crippen molar-refractivity contribution < 1.29 is 19.4 Å². The molecule has 0 aliphatic rings. The molecule has 0 spiro atoms. The summed E-state index contributed by atoms with van der Waals surface area (Å²) in [5, 5.41) is 28.4. The molecule has 2 amide bonds. The second-order valence-electron chi connectivity index (χ2n) is 6.33. The van der Waals surface area contributed by atoms with Crippen molar-refractivity contribution in [2.75, 3.05) is 0 Å². The molecule has 0 saturated heterocycles. The second kappa shape index (κ2) is 10.4. The largest absolute Gasteiger partial charge is 0.352 e. The van der Waals surface area contributed by atoms with Gasteiger partial charge >= 0.3 is 0 Å². The van der Waals surface area contributed by atoms with Crippen LogP contribution in [0.5, 0.6) is 0 Å². The van der Waals surface area contributed by atoms with Crippen LogP contribution in [0.1, 0.15) is 24.5 Å². The van der Waals surface area contributed by atoms with E-state index in [4.69, 9.17) is 0 Å². The van der Waals surface area contributed by atoms with Crippen LogP contribution in [0, 0.1) is 20.2 Å². The standard InChI is InChI=1S/C19H19N5O6/c1-13(9-18(25)20-12-14-5-3-2-4-6-14)21-22-19(26)10-15-7-8-16(23(27)28)11-17(15)24(29)30/h2-8,11H,9-10,12H2,1H3,(H,20,25)(H,22,26). The maximum absolute atomic E-state index is 12.0. The summed E-state index contributed by atoms with van der Waals surface area (Å²) >= 11 is 0. The van der Waals surface area contributed by atoms with Crippen LogP contribution in [-0.4, -0.2) is 27.4 Å². The number of nitro benzene ring substituents is 2. The summed E-state index contributed by atoms with van der Waals surface area (Å²) in [5.41, 5.74) is 2.55. The van der Waals surface area contributed by atoms with Crippen LogP contribution in [0.4, 0.5) is 11.4 Å². The van der Waals surface area contributed by atoms with E-state index in [1.54, 1.807) is 6.92 Å². The van der Waals surface area contributed by atoms with E-state index < -0.39 is 33.5 Å². The maximum atomic E-state index is 12.0. The van der Waals surface area contributed by atoms with E-state index >= 15 is 0 Å². The van der Waals surface area contributed by atoms with Crippen molar-refractivity contribution in [3.8, 4) is 0 Å². The molecule has 0 bridgehead atoms. The lowest BCUT2D eigenvalue weighted by Gasteiger charge is -2.06. The molecule has 2 rings (SSSR count). The van der Waals surface area contributed by atoms with Gasteiger partial charge in [0.1, 0.15) is 0 Å². The van der Waals surface area contributed by atoms with Gasteiger partial charge in [-0.05, 0) is 18.6 Å². The molecule has 30 heavy (non-hydrogen) atoms. The van der Waals surface area contributed by atoms with E-state index in [9.17, 15) is 29.8 Å². The van der Waals surface area contributed by atoms with E-state index in [0.717, 1.165) is 23.8 Å². The van der Waals surface area contributed by atoms with E-state index in [-0.39, 0.29) is 17.9 Å². The first-order valence-electron chi connectivity index (χ1n) is 8.80. The van der Waals surface area contributed by atoms with Gasteiger partial charge in [0.2, 0.25) is 11.8 Å². The smallest absolute Gasteiger partial charge is 0.279 e. The number of amides is 2. The van der Waals surface area contributed by atoms with Crippen molar-refractivity contribution in [2.24, 2.45) is 5.10 Å². The Labute approximate surface area is 171 Å². The van der Waals surface area contributed by atoms with Gasteiger partial charge in [-0.25, -0.2) is 5.43 Å². The first kappa shape index (κ1) is 22.1. The highest BCUT2D eigenvalue weighted by Gasteiger charge is 2.21. The first-order valence-corrected chi connectivity index (χ1v) is 8.80. The van der Waals surface area contributed by atoms with Crippen LogP contribution in [0.15, 0.2) is 53.6 Å². The first-order chi connectivity index (χ1) is 14.3. The lowest BCUT2D eigenvalue weighted by atomic mass is 10.1. The molecule has 0 aromatic heterocycles. The van der Waals surface area contributed by atoms with Gasteiger partial charge in [0, 0.05) is 23.9 Å². The highest BCUT2D eigenvalue weighted by Crippen LogP contribution is 2.24. The number of non-ortho nitro benzene ring substituents is 1. The molecule has 156 valence electrons. The summed E-state index contributed by atoms with van der Waals surface area (Å²) in [6.07, 6.45) is -0.434. The molecule has 11 nitrogen and oxygen atoms in total. The zero-order valence-corrected chi connectivity index (χ0v) is 16.0. The molecule has 0 fully saturated rings. The molecular weight excluding hydrogens is 394 g/mol. The third kappa shape index (κ3) is 6.78. The van der Waals surface area contributed by atoms with Crippen LogP contribution >= 0.6 is 0 Å². The van der Waals surface area contributed by atoms with Crippen molar-refractivity contribution in [2.45, 2.75) is 26.3 Å². The number of hydrogen-bond donors (Lipinski definition) is 2. The minimum Gasteiger partial charge on any atom is -0.352 e. The number of nitrogens with zero attached hydrogens (tertiary/aromatic N) is 3. The van der Waals surface area contributed by atoms with Gasteiger partial charge < -0.3 is 5.32 Å². The summed E-state index contributed by atoms with van der Waals surface area (Å²) < 4.78 is 0. The lowest BCUT2D eigenvalue weighted by Crippen LogP contribution is -2.26. The van der Waals surface area contributed by atoms with Crippen LogP contribution in [0.2, 0.25) is 0 Å². The van der Waals surface area contributed by atoms with Gasteiger partial charge in [-0.2, -0.15) is 5.10 Å². The summed E-state index contributed by atoms with van der Waals surface area (Å²) in [6.45, 7) is 1.92. The van der Waals surface area contributed by atoms with Crippen molar-refractivity contribution in [1.29, 1.82) is 0 Å². The number of nitrogens with one attached hydrogen (secondary N) is 2. The van der Waals surface area contributed by atoms with Crippen LogP contribution in [-0.2, 0) is 22.6 Å². The van der Waals surface area contributed by atoms with Gasteiger partial charge in [0.05, 0.1) is 28.8 Å². The molecule has 0 atom stereocenters. The molecule has 0 aliphatic carbocycles. The molecular formula is C19H19N5O6. The topological polar surface area (TPSA) is 157 Å². The maximum Gasteiger partial charge on any atom is 0.279 e. The number of benzene rings is 2. The number of carbonyl (C=O) groups is 2. The number of nitro groups is 2. The predicted molar refractivity (Wildman–Crippen MR) is 108 cm³/mol. The fraction of sp³-hybridized carbons (Fsp3) is 0.211. The Balaban J connectivity index is 1.89. The zero-order valence-electron chi connectivity index (χ0n) is 16.0. The number of rotatable bonds is 9. The third-order valence-corrected chi connectivity index (χ3v) is 3.95. The molecule has 0 radical (unpaired) electrons. The molecule has 2 aromatic carbocycles. The normalized spacial score (nSPS) is 10.9. The Hall–Kier alpha value is -4.15. The number of carbonyl (C=O) groups excluding carboxylic acids is 2. The van der Waals surface area contributed by atoms with Crippen LogP contribution in [0.3, 0.4) is 0 Å². The minimum atomic E-state index is -0.790. The van der Waals surface area contributed by atoms with Crippen molar-refractivity contribution in [1.82, 2.24) is 10.7 Å². The SMILES string of the molecule is CC(CC(=O)NCc1ccccc1)=NNC(=O)Cc1ccc([N+](=O)[O-])cc1[N+](=O)[O-]. The summed E-state index contributed by atoms with van der Waals surface area (Å²) in [7, 11) is 0. The molecule has 2 N–H and O–H groups in total. The minimum absolute atomic E-state index is 0.0107. The second-order valence-corrected chi connectivity index (χ2v) is 6.33. The summed E-state index contributed by atoms with van der Waals surface area (Å²) in [6, 6.07) is 12.4. The van der Waals surface area contributed by atoms with E-state index in [0.29, 0.717) is 12.3 Å². The van der Waals surface area contributed by atoms with Gasteiger partial charge in [-0.15, -0.1) is 0 Å². The van der Waals surface area contributed by atoms with E-state index in [1.165, 1.54) is 0 Å². The van der Waals surface area contributed by atoms with Crippen LogP contribution < -0.4 is 10.7 Å². The highest BCUT2D eigenvalue weighted by molar-refractivity contribution is 6.00. The van der Waals surface area contributed by atoms with Crippen molar-refractivity contribution >= 4 is 28.9 Å². The molecule has 0 heterocycles. The Morgan fingerprint density at radius 3 is 2.33 bits per heavy atom. The average molecular weight is 413 g/mol. The van der Waals surface area contributed by atoms with E-state index in [2.05, 4.69) is 15.8 Å². The number of hydrazone groups is 1. The van der Waals surface area contributed by atoms with Crippen LogP contribution in [0.25, 0.3) is 0 Å². The predicted octanol–water partition coefficient (Wildman–Crippen LogP) is 2.24. The monoisotopic (exact) mass is 413 g/mol. The van der Waals surface area contributed by atoms with Crippen molar-refractivity contribution in [3.63, 3.8) is 0 Å². The molecule has 0 unspecified atom stereocenters. The Morgan fingerprint density at radius 2 is 1.70 bits per heavy atom. The Bertz CT molecular complexity index is 990. The zero-order chi connectivity index (χ0) is 22.1. The van der Waals surface area contributed by atoms with Gasteiger partial charge in [-0.3, -0.25) is 29.8 Å². The lowest BCUT2D eigenvalue weighted by molar-refractivity contribution is -0.394. The summed E-state index contributed by atoms with van der Waals surface area (Å²) in [4.78, 5) is 44.3. The quantitative estimate of drug-likeness (QED) is 0.365. The summed E-state index contributed by atoms with van der Waals surface area (Å²) in [5.74, 6) is -0.934. The molecule has 11 heteroatoms. The molecule has 0 aliphatic heterocycles. The Kier molecular flexibility index (Phi) is 7.68. The van der Waals surface area contributed by atoms with Gasteiger partial charge in [0.25, 0.3) is 11.4 Å². The highest BCUT2D eigenvalue weighted by atomic mass is 16.6. The third-order valence-electron chi connectivity index (χ3n) is 3.95. The Morgan fingerprint density at radius 1 is 1.00 bits per heavy atom. The fourth-order valence-corrected chi connectivity index (χ4v) is 2.49. The van der Waals surface area contributed by atoms with E-state index in [1.807, 2.05) is 30.3 Å². The molecule has 2 aromatic rings. The average Bonchev–Trinajstić information content (AvgIpc) is 2.71. The van der Waals surface area contributed by atoms with Gasteiger partial charge in [-0.1, -0.05) is 30.3 Å². The van der Waals surface area contributed by atoms with Crippen molar-refractivity contribution in [3.05, 3.63) is 79.9 Å².